The molecule has 16 heavy (non-hydrogen) atoms. The third-order valence-electron chi connectivity index (χ3n) is 2.15. The Bertz CT molecular complexity index is 182. The standard InChI is InChI=1S/C12H27B2P2/c1-11(2,3)8-15-7-10(14-13)16-9-12(4,5)6/h10,15-16H,7-9H2,1-6H3. The van der Waals surface area contributed by atoms with Gasteiger partial charge in [0, 0.05) is 7.74 Å². The molecule has 0 saturated heterocycles. The molecule has 0 fully saturated rings. The molecule has 3 radical (unpaired) electrons. The number of rotatable bonds is 6. The van der Waals surface area contributed by atoms with E-state index in [4.69, 9.17) is 7.74 Å². The van der Waals surface area contributed by atoms with Crippen LogP contribution in [-0.4, -0.2) is 39.0 Å². The van der Waals surface area contributed by atoms with Crippen molar-refractivity contribution in [2.45, 2.75) is 47.1 Å². The maximum Gasteiger partial charge on any atom is 0.0647 e. The van der Waals surface area contributed by atoms with Crippen LogP contribution in [0, 0.1) is 10.8 Å². The first-order valence-corrected chi connectivity index (χ1v) is 8.83. The third-order valence-corrected chi connectivity index (χ3v) is 6.78. The molecular weight excluding hydrogens is 228 g/mol. The van der Waals surface area contributed by atoms with Crippen LogP contribution in [0.2, 0.25) is 0 Å². The summed E-state index contributed by atoms with van der Waals surface area (Å²) in [6.45, 7) is 13.9. The highest BCUT2D eigenvalue weighted by Crippen LogP contribution is 2.33. The highest BCUT2D eigenvalue weighted by Gasteiger charge is 2.15. The van der Waals surface area contributed by atoms with Crippen molar-refractivity contribution >= 4 is 32.1 Å². The second-order valence-electron chi connectivity index (χ2n) is 6.93. The Labute approximate surface area is 109 Å². The minimum absolute atomic E-state index is 0.451. The zero-order valence-electron chi connectivity index (χ0n) is 11.9. The van der Waals surface area contributed by atoms with Crippen LogP contribution in [0.25, 0.3) is 0 Å². The van der Waals surface area contributed by atoms with Gasteiger partial charge in [0.25, 0.3) is 0 Å². The van der Waals surface area contributed by atoms with Crippen molar-refractivity contribution < 1.29 is 0 Å². The van der Waals surface area contributed by atoms with Crippen LogP contribution >= 0.6 is 17.2 Å². The molecule has 0 rings (SSSR count). The molecule has 0 bridgehead atoms. The summed E-state index contributed by atoms with van der Waals surface area (Å²) in [6.07, 6.45) is 3.92. The van der Waals surface area contributed by atoms with Crippen molar-refractivity contribution in [3.63, 3.8) is 0 Å². The Balaban J connectivity index is 3.76. The highest BCUT2D eigenvalue weighted by molar-refractivity contribution is 7.46. The van der Waals surface area contributed by atoms with E-state index in [1.54, 1.807) is 0 Å². The molecule has 0 heterocycles. The molecule has 91 valence electrons. The predicted molar refractivity (Wildman–Crippen MR) is 85.4 cm³/mol. The fraction of sp³-hybridized carbons (Fsp3) is 1.00. The van der Waals surface area contributed by atoms with E-state index in [1.807, 2.05) is 7.17 Å². The van der Waals surface area contributed by atoms with E-state index in [9.17, 15) is 0 Å². The minimum atomic E-state index is 0.451. The SMILES string of the molecule is [B][B]C(CPCC(C)(C)C)PCC(C)(C)C. The van der Waals surface area contributed by atoms with Gasteiger partial charge in [0.15, 0.2) is 0 Å². The first kappa shape index (κ1) is 17.0. The van der Waals surface area contributed by atoms with Crippen molar-refractivity contribution in [3.8, 4) is 0 Å². The van der Waals surface area contributed by atoms with E-state index < -0.39 is 0 Å². The van der Waals surface area contributed by atoms with Gasteiger partial charge in [-0.25, -0.2) is 0 Å². The van der Waals surface area contributed by atoms with E-state index in [0.717, 1.165) is 17.2 Å². The maximum atomic E-state index is 5.74. The molecule has 4 heteroatoms. The van der Waals surface area contributed by atoms with E-state index in [-0.39, 0.29) is 0 Å². The van der Waals surface area contributed by atoms with Crippen molar-refractivity contribution in [1.29, 1.82) is 0 Å². The summed E-state index contributed by atoms with van der Waals surface area (Å²) >= 11 is 0. The quantitative estimate of drug-likeness (QED) is 0.502. The van der Waals surface area contributed by atoms with Crippen LogP contribution in [0.4, 0.5) is 0 Å². The molecule has 0 aromatic heterocycles. The summed E-state index contributed by atoms with van der Waals surface area (Å²) in [5.41, 5.74) is 1.58. The van der Waals surface area contributed by atoms with E-state index in [2.05, 4.69) is 41.5 Å². The van der Waals surface area contributed by atoms with Gasteiger partial charge in [-0.05, 0) is 29.3 Å². The summed E-state index contributed by atoms with van der Waals surface area (Å²) in [7, 11) is 9.72. The van der Waals surface area contributed by atoms with Gasteiger partial charge in [0.1, 0.15) is 0 Å². The smallest absolute Gasteiger partial charge is 0.0647 e. The summed E-state index contributed by atoms with van der Waals surface area (Å²) in [5, 5.41) is 0. The molecule has 0 amide bonds. The molecule has 0 N–H and O–H groups in total. The van der Waals surface area contributed by atoms with Crippen LogP contribution in [0.3, 0.4) is 0 Å². The average molecular weight is 255 g/mol. The lowest BCUT2D eigenvalue weighted by Crippen LogP contribution is -2.19. The monoisotopic (exact) mass is 255 g/mol. The molecule has 0 aromatic rings. The predicted octanol–water partition coefficient (Wildman–Crippen LogP) is 3.55. The molecule has 3 atom stereocenters. The van der Waals surface area contributed by atoms with Crippen LogP contribution in [0.5, 0.6) is 0 Å². The van der Waals surface area contributed by atoms with E-state index in [1.165, 1.54) is 18.5 Å². The molecule has 0 saturated carbocycles. The third kappa shape index (κ3) is 11.5. The van der Waals surface area contributed by atoms with Gasteiger partial charge in [-0.3, -0.25) is 0 Å². The average Bonchev–Trinajstić information content (AvgIpc) is 2.07. The number of hydrogen-bond acceptors (Lipinski definition) is 0. The summed E-state index contributed by atoms with van der Waals surface area (Å²) < 4.78 is 0. The maximum absolute atomic E-state index is 5.74. The summed E-state index contributed by atoms with van der Waals surface area (Å²) in [4.78, 5) is 0. The molecule has 0 aliphatic carbocycles. The zero-order chi connectivity index (χ0) is 12.8. The molecule has 0 aromatic carbocycles. The van der Waals surface area contributed by atoms with Gasteiger partial charge < -0.3 is 0 Å². The van der Waals surface area contributed by atoms with Crippen LogP contribution in [-0.2, 0) is 0 Å². The van der Waals surface area contributed by atoms with E-state index >= 15 is 0 Å². The Kier molecular flexibility index (Phi) is 7.89. The van der Waals surface area contributed by atoms with Gasteiger partial charge in [0.2, 0.25) is 0 Å². The van der Waals surface area contributed by atoms with Crippen LogP contribution < -0.4 is 0 Å². The highest BCUT2D eigenvalue weighted by atomic mass is 31.1. The van der Waals surface area contributed by atoms with Crippen LogP contribution in [0.15, 0.2) is 0 Å². The molecule has 0 aliphatic heterocycles. The Morgan fingerprint density at radius 1 is 1.00 bits per heavy atom. The van der Waals surface area contributed by atoms with Crippen molar-refractivity contribution in [1.82, 2.24) is 0 Å². The topological polar surface area (TPSA) is 0 Å². The molecule has 0 spiro atoms. The fourth-order valence-electron chi connectivity index (χ4n) is 1.25. The fourth-order valence-corrected chi connectivity index (χ4v) is 4.61. The van der Waals surface area contributed by atoms with Crippen LogP contribution in [0.1, 0.15) is 41.5 Å². The summed E-state index contributed by atoms with van der Waals surface area (Å²) in [6, 6.07) is 0. The second-order valence-corrected chi connectivity index (χ2v) is 9.70. The molecule has 0 aliphatic rings. The summed E-state index contributed by atoms with van der Waals surface area (Å²) in [5.74, 6) is 0. The Morgan fingerprint density at radius 3 is 1.88 bits per heavy atom. The first-order valence-electron chi connectivity index (χ1n) is 6.13. The molecule has 3 unspecified atom stereocenters. The van der Waals surface area contributed by atoms with Gasteiger partial charge in [0.05, 0.1) is 7.17 Å². The largest absolute Gasteiger partial charge is 0.127 e. The molecule has 0 nitrogen and oxygen atoms in total. The van der Waals surface area contributed by atoms with Gasteiger partial charge in [-0.2, -0.15) is 0 Å². The van der Waals surface area contributed by atoms with Gasteiger partial charge >= 0.3 is 0 Å². The normalized spacial score (nSPS) is 16.4. The zero-order valence-corrected chi connectivity index (χ0v) is 13.9. The van der Waals surface area contributed by atoms with Gasteiger partial charge in [-0.15, -0.1) is 17.2 Å². The van der Waals surface area contributed by atoms with Gasteiger partial charge in [-0.1, -0.05) is 47.1 Å². The first-order chi connectivity index (χ1) is 7.14. The Hall–Kier alpha value is 0.990. The lowest BCUT2D eigenvalue weighted by Gasteiger charge is -2.24. The second kappa shape index (κ2) is 7.43. The van der Waals surface area contributed by atoms with Crippen molar-refractivity contribution in [2.24, 2.45) is 10.8 Å². The lowest BCUT2D eigenvalue weighted by molar-refractivity contribution is 0.477. The minimum Gasteiger partial charge on any atom is -0.127 e. The Morgan fingerprint density at radius 2 is 1.50 bits per heavy atom. The van der Waals surface area contributed by atoms with Crippen molar-refractivity contribution in [2.75, 3.05) is 18.5 Å². The number of hydrogen-bond donors (Lipinski definition) is 0. The van der Waals surface area contributed by atoms with Crippen molar-refractivity contribution in [3.05, 3.63) is 0 Å². The molecular formula is C12H27B2P2. The lowest BCUT2D eigenvalue weighted by atomic mass is 9.53. The van der Waals surface area contributed by atoms with E-state index in [0.29, 0.717) is 16.4 Å².